The highest BCUT2D eigenvalue weighted by atomic mass is 35.5. The Hall–Kier alpha value is 0.250. The number of hydrogen-bond acceptors (Lipinski definition) is 1. The van der Waals surface area contributed by atoms with Gasteiger partial charge in [0, 0.05) is 17.2 Å². The number of aliphatic hydroxyl groups is 1. The topological polar surface area (TPSA) is 20.2 Å². The second kappa shape index (κ2) is 1.39. The molecule has 3 aliphatic carbocycles. The summed E-state index contributed by atoms with van der Waals surface area (Å²) >= 11 is 5.85. The molecule has 0 aromatic carbocycles. The highest BCUT2D eigenvalue weighted by molar-refractivity contribution is 6.21. The summed E-state index contributed by atoms with van der Waals surface area (Å²) in [7, 11) is 0. The van der Waals surface area contributed by atoms with Gasteiger partial charge in [-0.05, 0) is 12.8 Å². The second-order valence-electron chi connectivity index (χ2n) is 2.84. The van der Waals surface area contributed by atoms with E-state index in [2.05, 4.69) is 0 Å². The van der Waals surface area contributed by atoms with Crippen LogP contribution in [0.1, 0.15) is 12.8 Å². The minimum absolute atomic E-state index is 0.0440. The molecule has 46 valence electrons. The zero-order valence-electron chi connectivity index (χ0n) is 4.55. The summed E-state index contributed by atoms with van der Waals surface area (Å²) in [5, 5.41) is 9.44. The van der Waals surface area contributed by atoms with Gasteiger partial charge in [-0.1, -0.05) is 0 Å². The summed E-state index contributed by atoms with van der Waals surface area (Å²) in [6.45, 7) is 0. The summed E-state index contributed by atoms with van der Waals surface area (Å²) < 4.78 is 0. The van der Waals surface area contributed by atoms with Gasteiger partial charge in [0.15, 0.2) is 0 Å². The van der Waals surface area contributed by atoms with Gasteiger partial charge in [0.05, 0.1) is 6.10 Å². The van der Waals surface area contributed by atoms with E-state index in [-0.39, 0.29) is 6.10 Å². The molecule has 0 radical (unpaired) electrons. The Morgan fingerprint density at radius 3 is 1.88 bits per heavy atom. The average Bonchev–Trinajstić information content (AvgIpc) is 2.26. The van der Waals surface area contributed by atoms with E-state index in [1.54, 1.807) is 0 Å². The monoisotopic (exact) mass is 132 g/mol. The third kappa shape index (κ3) is 0.381. The van der Waals surface area contributed by atoms with Gasteiger partial charge in [-0.2, -0.15) is 0 Å². The van der Waals surface area contributed by atoms with Crippen molar-refractivity contribution in [3.8, 4) is 0 Å². The third-order valence-electron chi connectivity index (χ3n) is 2.53. The fourth-order valence-corrected chi connectivity index (χ4v) is 2.46. The molecule has 2 heteroatoms. The lowest BCUT2D eigenvalue weighted by molar-refractivity contribution is 0.0144. The first kappa shape index (κ1) is 5.07. The van der Waals surface area contributed by atoms with Crippen LogP contribution < -0.4 is 0 Å². The molecule has 2 bridgehead atoms. The minimum Gasteiger partial charge on any atom is -0.392 e. The molecule has 1 nitrogen and oxygen atoms in total. The second-order valence-corrected chi connectivity index (χ2v) is 3.34. The molecule has 0 saturated heterocycles. The Kier molecular flexibility index (Phi) is 0.884. The summed E-state index contributed by atoms with van der Waals surface area (Å²) in [6.07, 6.45) is 2.26. The molecule has 8 heavy (non-hydrogen) atoms. The van der Waals surface area contributed by atoms with E-state index >= 15 is 0 Å². The molecule has 3 rings (SSSR count). The lowest BCUT2D eigenvalue weighted by atomic mass is 9.80. The number of halogens is 1. The largest absolute Gasteiger partial charge is 0.392 e. The van der Waals surface area contributed by atoms with Gasteiger partial charge in [-0.15, -0.1) is 11.6 Å². The van der Waals surface area contributed by atoms with Gasteiger partial charge in [-0.25, -0.2) is 0 Å². The Morgan fingerprint density at radius 1 is 1.25 bits per heavy atom. The minimum atomic E-state index is -0.0440. The lowest BCUT2D eigenvalue weighted by Crippen LogP contribution is -2.44. The van der Waals surface area contributed by atoms with Crippen LogP contribution in [0.2, 0.25) is 0 Å². The maximum absolute atomic E-state index is 9.13. The van der Waals surface area contributed by atoms with Crippen LogP contribution in [0.4, 0.5) is 0 Å². The van der Waals surface area contributed by atoms with Crippen molar-refractivity contribution in [2.75, 3.05) is 0 Å². The Balaban J connectivity index is 2.15. The van der Waals surface area contributed by atoms with Crippen molar-refractivity contribution < 1.29 is 5.11 Å². The first-order chi connectivity index (χ1) is 3.80. The van der Waals surface area contributed by atoms with Gasteiger partial charge in [-0.3, -0.25) is 0 Å². The van der Waals surface area contributed by atoms with Crippen molar-refractivity contribution in [2.45, 2.75) is 24.3 Å². The van der Waals surface area contributed by atoms with Gasteiger partial charge in [0.2, 0.25) is 0 Å². The third-order valence-corrected chi connectivity index (χ3v) is 3.18. The number of hydrogen-bond donors (Lipinski definition) is 1. The van der Waals surface area contributed by atoms with Gasteiger partial charge in [0.25, 0.3) is 0 Å². The van der Waals surface area contributed by atoms with Crippen LogP contribution in [0.15, 0.2) is 0 Å². The SMILES string of the molecule is OC1[C@H]2CC[C@@H]1C2Cl. The fraction of sp³-hybridized carbons (Fsp3) is 1.00. The van der Waals surface area contributed by atoms with E-state index in [4.69, 9.17) is 16.7 Å². The number of fused-ring (bicyclic) bond motifs is 1. The van der Waals surface area contributed by atoms with E-state index in [9.17, 15) is 0 Å². The summed E-state index contributed by atoms with van der Waals surface area (Å²) in [5.41, 5.74) is 0. The van der Waals surface area contributed by atoms with Crippen molar-refractivity contribution in [1.29, 1.82) is 0 Å². The van der Waals surface area contributed by atoms with Crippen molar-refractivity contribution in [2.24, 2.45) is 11.8 Å². The molecule has 3 saturated carbocycles. The van der Waals surface area contributed by atoms with Crippen LogP contribution in [0.3, 0.4) is 0 Å². The van der Waals surface area contributed by atoms with E-state index in [0.29, 0.717) is 17.2 Å². The quantitative estimate of drug-likeness (QED) is 0.488. The van der Waals surface area contributed by atoms with Crippen LogP contribution in [0.5, 0.6) is 0 Å². The molecule has 0 amide bonds. The highest BCUT2D eigenvalue weighted by Gasteiger charge is 2.53. The molecular weight excluding hydrogens is 124 g/mol. The van der Waals surface area contributed by atoms with Crippen molar-refractivity contribution >= 4 is 11.6 Å². The molecule has 0 aromatic rings. The van der Waals surface area contributed by atoms with Crippen LogP contribution >= 0.6 is 11.6 Å². The molecule has 1 N–H and O–H groups in total. The summed E-state index contributed by atoms with van der Waals surface area (Å²) in [6, 6.07) is 0. The van der Waals surface area contributed by atoms with Crippen molar-refractivity contribution in [1.82, 2.24) is 0 Å². The van der Waals surface area contributed by atoms with Gasteiger partial charge >= 0.3 is 0 Å². The Labute approximate surface area is 53.6 Å². The normalized spacial score (nSPS) is 60.8. The predicted octanol–water partition coefficient (Wildman–Crippen LogP) is 0.994. The van der Waals surface area contributed by atoms with E-state index in [1.165, 1.54) is 0 Å². The van der Waals surface area contributed by atoms with Crippen LogP contribution in [0.25, 0.3) is 0 Å². The van der Waals surface area contributed by atoms with E-state index in [0.717, 1.165) is 12.8 Å². The zero-order chi connectivity index (χ0) is 5.72. The molecule has 3 fully saturated rings. The summed E-state index contributed by atoms with van der Waals surface area (Å²) in [5.74, 6) is 0.892. The van der Waals surface area contributed by atoms with Crippen LogP contribution in [-0.2, 0) is 0 Å². The number of alkyl halides is 1. The van der Waals surface area contributed by atoms with Crippen molar-refractivity contribution in [3.05, 3.63) is 0 Å². The molecule has 0 spiro atoms. The molecule has 2 unspecified atom stereocenters. The highest BCUT2D eigenvalue weighted by Crippen LogP contribution is 2.51. The average molecular weight is 133 g/mol. The number of rotatable bonds is 0. The van der Waals surface area contributed by atoms with E-state index in [1.807, 2.05) is 0 Å². The first-order valence-electron chi connectivity index (χ1n) is 3.13. The fourth-order valence-electron chi connectivity index (χ4n) is 1.91. The van der Waals surface area contributed by atoms with Gasteiger partial charge in [0.1, 0.15) is 0 Å². The predicted molar refractivity (Wildman–Crippen MR) is 31.9 cm³/mol. The maximum Gasteiger partial charge on any atom is 0.0624 e. The molecular formula is C6H9ClO. The molecule has 4 atom stereocenters. The first-order valence-corrected chi connectivity index (χ1v) is 3.56. The van der Waals surface area contributed by atoms with Gasteiger partial charge < -0.3 is 5.11 Å². The zero-order valence-corrected chi connectivity index (χ0v) is 5.30. The Morgan fingerprint density at radius 2 is 1.75 bits per heavy atom. The smallest absolute Gasteiger partial charge is 0.0624 e. The summed E-state index contributed by atoms with van der Waals surface area (Å²) in [4.78, 5) is 0. The molecule has 3 aliphatic rings. The maximum atomic E-state index is 9.13. The molecule has 0 heterocycles. The molecule has 0 aliphatic heterocycles. The molecule has 0 aromatic heterocycles. The Bertz CT molecular complexity index is 93.1. The number of aliphatic hydroxyl groups excluding tert-OH is 1. The van der Waals surface area contributed by atoms with Crippen LogP contribution in [-0.4, -0.2) is 16.6 Å². The van der Waals surface area contributed by atoms with E-state index < -0.39 is 0 Å². The van der Waals surface area contributed by atoms with Crippen LogP contribution in [0, 0.1) is 11.8 Å². The lowest BCUT2D eigenvalue weighted by Gasteiger charge is -2.36. The standard InChI is InChI=1S/C6H9ClO/c7-5-3-1-2-4(5)6(3)8/h3-6,8H,1-2H2/t3-,4+,5?,6?. The van der Waals surface area contributed by atoms with Crippen molar-refractivity contribution in [3.63, 3.8) is 0 Å².